The Morgan fingerprint density at radius 1 is 0.441 bits per heavy atom. The van der Waals surface area contributed by atoms with Gasteiger partial charge in [-0.15, -0.1) is 0 Å². The smallest absolute Gasteiger partial charge is 0.457 e. The third-order valence-electron chi connectivity index (χ3n) is 10.9. The molecule has 0 spiro atoms. The lowest BCUT2D eigenvalue weighted by molar-refractivity contribution is -0.154. The van der Waals surface area contributed by atoms with Crippen LogP contribution >= 0.6 is 7.82 Å². The average molecular weight is 966 g/mol. The minimum Gasteiger partial charge on any atom is -0.457 e. The van der Waals surface area contributed by atoms with Gasteiger partial charge in [-0.1, -0.05) is 219 Å². The number of carbonyl (C=O) groups is 1. The fourth-order valence-corrected chi connectivity index (χ4v) is 7.76. The van der Waals surface area contributed by atoms with E-state index in [0.29, 0.717) is 13.0 Å². The van der Waals surface area contributed by atoms with Gasteiger partial charge in [-0.2, -0.15) is 0 Å². The van der Waals surface area contributed by atoms with Crippen LogP contribution in [0.2, 0.25) is 0 Å². The summed E-state index contributed by atoms with van der Waals surface area (Å²) in [6.45, 7) is 4.66. The van der Waals surface area contributed by atoms with Crippen LogP contribution in [0.4, 0.5) is 0 Å². The van der Waals surface area contributed by atoms with Crippen molar-refractivity contribution < 1.29 is 32.8 Å². The van der Waals surface area contributed by atoms with Crippen LogP contribution in [-0.2, 0) is 27.9 Å². The number of rotatable bonds is 50. The topological polar surface area (TPSA) is 117 Å². The molecule has 2 unspecified atom stereocenters. The van der Waals surface area contributed by atoms with Crippen LogP contribution in [0, 0.1) is 0 Å². The van der Waals surface area contributed by atoms with Crippen LogP contribution in [0.1, 0.15) is 206 Å². The number of phosphoric ester groups is 1. The molecule has 0 aromatic heterocycles. The van der Waals surface area contributed by atoms with Gasteiger partial charge in [-0.05, 0) is 103 Å². The Labute approximate surface area is 417 Å². The minimum absolute atomic E-state index is 0.0908. The molecule has 0 fully saturated rings. The van der Waals surface area contributed by atoms with E-state index in [9.17, 15) is 14.3 Å². The zero-order chi connectivity index (χ0) is 49.4. The van der Waals surface area contributed by atoms with Gasteiger partial charge >= 0.3 is 13.8 Å². The second kappa shape index (κ2) is 54.8. The summed E-state index contributed by atoms with van der Waals surface area (Å²) in [5.41, 5.74) is 5.40. The van der Waals surface area contributed by atoms with E-state index in [1.807, 2.05) is 0 Å². The van der Waals surface area contributed by atoms with E-state index in [0.717, 1.165) is 109 Å². The molecule has 0 aliphatic rings. The number of esters is 1. The van der Waals surface area contributed by atoms with E-state index in [4.69, 9.17) is 24.3 Å². The van der Waals surface area contributed by atoms with Crippen molar-refractivity contribution in [3.63, 3.8) is 0 Å². The first-order chi connectivity index (χ1) is 33.4. The van der Waals surface area contributed by atoms with Gasteiger partial charge < -0.3 is 20.1 Å². The molecule has 9 heteroatoms. The highest BCUT2D eigenvalue weighted by molar-refractivity contribution is 7.47. The summed E-state index contributed by atoms with van der Waals surface area (Å²) < 4.78 is 33.6. The number of phosphoric acid groups is 1. The summed E-state index contributed by atoms with van der Waals surface area (Å²) in [6.07, 6.45) is 76.6. The predicted molar refractivity (Wildman–Crippen MR) is 293 cm³/mol. The summed E-state index contributed by atoms with van der Waals surface area (Å²) in [5, 5.41) is 0. The van der Waals surface area contributed by atoms with Gasteiger partial charge in [-0.3, -0.25) is 13.8 Å². The molecule has 0 aromatic rings. The highest BCUT2D eigenvalue weighted by atomic mass is 31.2. The summed E-state index contributed by atoms with van der Waals surface area (Å²) in [7, 11) is -4.30. The van der Waals surface area contributed by atoms with Gasteiger partial charge in [0.25, 0.3) is 0 Å². The molecule has 0 heterocycles. The molecule has 0 aliphatic heterocycles. The van der Waals surface area contributed by atoms with Crippen LogP contribution in [0.15, 0.2) is 122 Å². The third kappa shape index (κ3) is 53.8. The lowest BCUT2D eigenvalue weighted by Crippen LogP contribution is -2.28. The first-order valence-electron chi connectivity index (χ1n) is 27.0. The largest absolute Gasteiger partial charge is 0.472 e. The van der Waals surface area contributed by atoms with Crippen molar-refractivity contribution in [2.45, 2.75) is 213 Å². The predicted octanol–water partition coefficient (Wildman–Crippen LogP) is 17.3. The molecule has 0 aromatic carbocycles. The third-order valence-corrected chi connectivity index (χ3v) is 11.9. The molecule has 68 heavy (non-hydrogen) atoms. The van der Waals surface area contributed by atoms with E-state index >= 15 is 0 Å². The number of nitrogens with two attached hydrogens (primary N) is 1. The van der Waals surface area contributed by atoms with Crippen molar-refractivity contribution in [3.05, 3.63) is 122 Å². The van der Waals surface area contributed by atoms with Crippen LogP contribution in [0.5, 0.6) is 0 Å². The molecule has 0 aliphatic carbocycles. The minimum atomic E-state index is -4.30. The lowest BCUT2D eigenvalue weighted by atomic mass is 10.1. The summed E-state index contributed by atoms with van der Waals surface area (Å²) >= 11 is 0. The lowest BCUT2D eigenvalue weighted by Gasteiger charge is -2.20. The maximum absolute atomic E-state index is 12.7. The van der Waals surface area contributed by atoms with Crippen molar-refractivity contribution in [1.82, 2.24) is 0 Å². The highest BCUT2D eigenvalue weighted by Gasteiger charge is 2.25. The van der Waals surface area contributed by atoms with Gasteiger partial charge in [0.05, 0.1) is 19.8 Å². The molecular formula is C59H100NO7P. The highest BCUT2D eigenvalue weighted by Crippen LogP contribution is 2.43. The molecule has 2 atom stereocenters. The van der Waals surface area contributed by atoms with Crippen molar-refractivity contribution in [2.24, 2.45) is 5.73 Å². The molecule has 0 bridgehead atoms. The number of unbranched alkanes of at least 4 members (excludes halogenated alkanes) is 17. The van der Waals surface area contributed by atoms with Crippen molar-refractivity contribution in [1.29, 1.82) is 0 Å². The van der Waals surface area contributed by atoms with E-state index < -0.39 is 13.9 Å². The van der Waals surface area contributed by atoms with Gasteiger partial charge in [0.1, 0.15) is 6.10 Å². The average Bonchev–Trinajstić information content (AvgIpc) is 3.33. The normalized spacial score (nSPS) is 14.2. The standard InChI is InChI=1S/C59H100NO7P/c1-3-5-7-9-11-13-15-17-19-21-23-25-27-28-29-31-33-35-37-39-41-43-45-47-49-51-54-64-56-58(57-66-68(62,63)65-55-53-60)67-59(61)52-50-48-46-44-42-40-38-36-34-32-30-26-24-22-20-18-16-14-12-10-8-6-4-2/h5-8,11-14,17-20,23-26,28-29,32,34,58H,3-4,9-10,15-16,21-22,27,30-31,33,35-57,60H2,1-2H3,(H,62,63)/b7-5-,8-6-,13-11-,14-12-,19-17-,20-18-,25-23-,26-24-,29-28-,34-32-. The Bertz CT molecular complexity index is 1460. The molecular weight excluding hydrogens is 866 g/mol. The molecule has 0 rings (SSSR count). The second-order valence-corrected chi connectivity index (χ2v) is 18.8. The Balaban J connectivity index is 3.99. The number of hydrogen-bond acceptors (Lipinski definition) is 7. The fourth-order valence-electron chi connectivity index (χ4n) is 6.99. The van der Waals surface area contributed by atoms with Gasteiger partial charge in [0.2, 0.25) is 0 Å². The second-order valence-electron chi connectivity index (χ2n) is 17.3. The van der Waals surface area contributed by atoms with Gasteiger partial charge in [0.15, 0.2) is 0 Å². The molecule has 0 saturated carbocycles. The zero-order valence-electron chi connectivity index (χ0n) is 43.3. The van der Waals surface area contributed by atoms with E-state index in [1.54, 1.807) is 0 Å². The molecule has 3 N–H and O–H groups in total. The number of allylic oxidation sites excluding steroid dienone is 20. The quantitative estimate of drug-likeness (QED) is 0.0268. The Hall–Kier alpha value is -3.10. The monoisotopic (exact) mass is 966 g/mol. The molecule has 0 radical (unpaired) electrons. The number of ether oxygens (including phenoxy) is 2. The molecule has 0 amide bonds. The molecule has 8 nitrogen and oxygen atoms in total. The van der Waals surface area contributed by atoms with Crippen LogP contribution in [0.3, 0.4) is 0 Å². The maximum Gasteiger partial charge on any atom is 0.472 e. The van der Waals surface area contributed by atoms with Crippen molar-refractivity contribution in [3.8, 4) is 0 Å². The first kappa shape index (κ1) is 64.9. The summed E-state index contributed by atoms with van der Waals surface area (Å²) in [6, 6.07) is 0. The Kier molecular flexibility index (Phi) is 52.3. The first-order valence-corrected chi connectivity index (χ1v) is 28.5. The maximum atomic E-state index is 12.7. The zero-order valence-corrected chi connectivity index (χ0v) is 44.2. The Morgan fingerprint density at radius 3 is 1.16 bits per heavy atom. The van der Waals surface area contributed by atoms with Crippen LogP contribution in [0.25, 0.3) is 0 Å². The van der Waals surface area contributed by atoms with Gasteiger partial charge in [0, 0.05) is 19.6 Å². The number of hydrogen-bond donors (Lipinski definition) is 2. The molecule has 0 saturated heterocycles. The fraction of sp³-hybridized carbons (Fsp3) is 0.644. The van der Waals surface area contributed by atoms with E-state index in [1.165, 1.54) is 77.0 Å². The van der Waals surface area contributed by atoms with E-state index in [-0.39, 0.29) is 32.3 Å². The molecule has 388 valence electrons. The van der Waals surface area contributed by atoms with Crippen LogP contribution < -0.4 is 5.73 Å². The van der Waals surface area contributed by atoms with Crippen molar-refractivity contribution >= 4 is 13.8 Å². The van der Waals surface area contributed by atoms with Crippen molar-refractivity contribution in [2.75, 3.05) is 33.0 Å². The van der Waals surface area contributed by atoms with Gasteiger partial charge in [-0.25, -0.2) is 4.57 Å². The van der Waals surface area contributed by atoms with Crippen LogP contribution in [-0.4, -0.2) is 49.9 Å². The summed E-state index contributed by atoms with van der Waals surface area (Å²) in [4.78, 5) is 22.6. The van der Waals surface area contributed by atoms with E-state index in [2.05, 4.69) is 135 Å². The SMILES string of the molecule is CC/C=C\C/C=C\C/C=C\C/C=C\C/C=C\CCCCCCCCCCCCOCC(COP(=O)(O)OCCN)OC(=O)CCCCCCCCC/C=C\C/C=C\C/C=C\C/C=C\C/C=C\CC. The summed E-state index contributed by atoms with van der Waals surface area (Å²) in [5.74, 6) is -0.347. The Morgan fingerprint density at radius 2 is 0.779 bits per heavy atom. The number of carbonyl (C=O) groups excluding carboxylic acids is 1.